The van der Waals surface area contributed by atoms with E-state index in [9.17, 15) is 13.2 Å². The summed E-state index contributed by atoms with van der Waals surface area (Å²) in [4.78, 5) is 12.8. The fourth-order valence-corrected chi connectivity index (χ4v) is 3.97. The van der Waals surface area contributed by atoms with Gasteiger partial charge in [0, 0.05) is 12.6 Å². The first-order chi connectivity index (χ1) is 12.3. The molecule has 3 rings (SSSR count). The minimum atomic E-state index is -3.39. The van der Waals surface area contributed by atoms with Crippen LogP contribution >= 0.6 is 0 Å². The predicted molar refractivity (Wildman–Crippen MR) is 104 cm³/mol. The van der Waals surface area contributed by atoms with Crippen molar-refractivity contribution in [2.75, 3.05) is 17.6 Å². The molecule has 0 radical (unpaired) electrons. The van der Waals surface area contributed by atoms with E-state index >= 15 is 0 Å². The van der Waals surface area contributed by atoms with Crippen molar-refractivity contribution in [1.82, 2.24) is 5.32 Å². The second-order valence-electron chi connectivity index (χ2n) is 6.85. The van der Waals surface area contributed by atoms with E-state index in [2.05, 4.69) is 17.4 Å². The topological polar surface area (TPSA) is 66.5 Å². The zero-order valence-electron chi connectivity index (χ0n) is 15.3. The van der Waals surface area contributed by atoms with Crippen LogP contribution in [0.15, 0.2) is 42.5 Å². The Kier molecular flexibility index (Phi) is 5.05. The quantitative estimate of drug-likeness (QED) is 0.896. The van der Waals surface area contributed by atoms with Gasteiger partial charge in [-0.05, 0) is 55.0 Å². The van der Waals surface area contributed by atoms with Gasteiger partial charge in [0.05, 0.1) is 18.0 Å². The van der Waals surface area contributed by atoms with Gasteiger partial charge in [-0.3, -0.25) is 9.10 Å². The van der Waals surface area contributed by atoms with Gasteiger partial charge in [0.25, 0.3) is 5.91 Å². The Morgan fingerprint density at radius 3 is 2.65 bits per heavy atom. The summed E-state index contributed by atoms with van der Waals surface area (Å²) in [5, 5.41) is 3.11. The summed E-state index contributed by atoms with van der Waals surface area (Å²) in [6, 6.07) is 13.3. The monoisotopic (exact) mass is 372 g/mol. The second-order valence-corrected chi connectivity index (χ2v) is 8.86. The number of fused-ring (bicyclic) bond motifs is 1. The van der Waals surface area contributed by atoms with Crippen LogP contribution in [0.3, 0.4) is 0 Å². The van der Waals surface area contributed by atoms with Crippen LogP contribution in [0.2, 0.25) is 0 Å². The maximum atomic E-state index is 12.8. The highest BCUT2D eigenvalue weighted by molar-refractivity contribution is 7.92. The lowest BCUT2D eigenvalue weighted by molar-refractivity contribution is 0.0932. The number of nitrogens with zero attached hydrogens (tertiary/aromatic N) is 1. The normalized spacial score (nSPS) is 16.7. The van der Waals surface area contributed by atoms with Crippen molar-refractivity contribution in [3.63, 3.8) is 0 Å². The molecule has 6 heteroatoms. The van der Waals surface area contributed by atoms with Gasteiger partial charge in [0.1, 0.15) is 0 Å². The highest BCUT2D eigenvalue weighted by atomic mass is 32.2. The average Bonchev–Trinajstić information content (AvgIpc) is 2.61. The Hall–Kier alpha value is -2.34. The van der Waals surface area contributed by atoms with Crippen molar-refractivity contribution in [1.29, 1.82) is 0 Å². The molecule has 0 saturated carbocycles. The van der Waals surface area contributed by atoms with E-state index in [0.717, 1.165) is 31.1 Å². The molecule has 1 aliphatic rings. The predicted octanol–water partition coefficient (Wildman–Crippen LogP) is 3.20. The van der Waals surface area contributed by atoms with E-state index in [0.29, 0.717) is 11.3 Å². The summed E-state index contributed by atoms with van der Waals surface area (Å²) < 4.78 is 24.9. The lowest BCUT2D eigenvalue weighted by Crippen LogP contribution is -2.31. The number of benzene rings is 2. The number of aryl methyl sites for hydroxylation is 2. The van der Waals surface area contributed by atoms with Crippen LogP contribution in [0, 0.1) is 6.92 Å². The van der Waals surface area contributed by atoms with Crippen molar-refractivity contribution in [3.8, 4) is 0 Å². The van der Waals surface area contributed by atoms with Crippen LogP contribution in [0.25, 0.3) is 0 Å². The molecule has 0 spiro atoms. The SMILES string of the molecule is Cc1ccc(C(=O)N[C@@H]2CCCc3ccccc32)cc1N(C)S(C)(=O)=O. The first-order valence-electron chi connectivity index (χ1n) is 8.70. The van der Waals surface area contributed by atoms with Crippen LogP contribution in [-0.4, -0.2) is 27.6 Å². The van der Waals surface area contributed by atoms with Gasteiger partial charge in [0.2, 0.25) is 10.0 Å². The van der Waals surface area contributed by atoms with Crippen LogP contribution in [0.1, 0.15) is 45.9 Å². The largest absolute Gasteiger partial charge is 0.345 e. The first kappa shape index (κ1) is 18.5. The molecule has 1 atom stereocenters. The van der Waals surface area contributed by atoms with Crippen LogP contribution in [0.4, 0.5) is 5.69 Å². The van der Waals surface area contributed by atoms with Gasteiger partial charge in [-0.1, -0.05) is 30.3 Å². The molecule has 26 heavy (non-hydrogen) atoms. The molecule has 0 aliphatic heterocycles. The molecule has 2 aromatic carbocycles. The Morgan fingerprint density at radius 2 is 1.92 bits per heavy atom. The minimum Gasteiger partial charge on any atom is -0.345 e. The lowest BCUT2D eigenvalue weighted by Gasteiger charge is -2.26. The Bertz CT molecular complexity index is 938. The standard InChI is InChI=1S/C20H24N2O3S/c1-14-11-12-16(13-19(14)22(2)26(3,24)25)20(23)21-18-10-6-8-15-7-4-5-9-17(15)18/h4-5,7,9,11-13,18H,6,8,10H2,1-3H3,(H,21,23)/t18-/m1/s1. The van der Waals surface area contributed by atoms with Crippen molar-refractivity contribution in [3.05, 3.63) is 64.7 Å². The molecular weight excluding hydrogens is 348 g/mol. The molecule has 0 heterocycles. The van der Waals surface area contributed by atoms with Gasteiger partial charge in [-0.15, -0.1) is 0 Å². The Labute approximate surface area is 155 Å². The van der Waals surface area contributed by atoms with Crippen LogP contribution in [-0.2, 0) is 16.4 Å². The van der Waals surface area contributed by atoms with Crippen molar-refractivity contribution in [2.24, 2.45) is 0 Å². The molecule has 1 amide bonds. The number of amides is 1. The fourth-order valence-electron chi connectivity index (χ4n) is 3.41. The first-order valence-corrected chi connectivity index (χ1v) is 10.6. The summed E-state index contributed by atoms with van der Waals surface area (Å²) >= 11 is 0. The van der Waals surface area contributed by atoms with E-state index < -0.39 is 10.0 Å². The van der Waals surface area contributed by atoms with Crippen LogP contribution in [0.5, 0.6) is 0 Å². The highest BCUT2D eigenvalue weighted by Crippen LogP contribution is 2.30. The molecule has 0 fully saturated rings. The molecule has 0 bridgehead atoms. The van der Waals surface area contributed by atoms with Gasteiger partial charge in [0.15, 0.2) is 0 Å². The number of hydrogen-bond acceptors (Lipinski definition) is 3. The minimum absolute atomic E-state index is 0.00941. The Morgan fingerprint density at radius 1 is 1.19 bits per heavy atom. The van der Waals surface area contributed by atoms with E-state index in [1.54, 1.807) is 18.2 Å². The third-order valence-electron chi connectivity index (χ3n) is 4.98. The number of anilines is 1. The van der Waals surface area contributed by atoms with Crippen molar-refractivity contribution >= 4 is 21.6 Å². The number of hydrogen-bond donors (Lipinski definition) is 1. The maximum absolute atomic E-state index is 12.8. The summed E-state index contributed by atoms with van der Waals surface area (Å²) in [6.45, 7) is 1.83. The van der Waals surface area contributed by atoms with E-state index in [4.69, 9.17) is 0 Å². The van der Waals surface area contributed by atoms with Gasteiger partial charge in [-0.2, -0.15) is 0 Å². The van der Waals surface area contributed by atoms with Gasteiger partial charge in [-0.25, -0.2) is 8.42 Å². The molecule has 0 unspecified atom stereocenters. The van der Waals surface area contributed by atoms with E-state index in [-0.39, 0.29) is 11.9 Å². The molecule has 1 aliphatic carbocycles. The zero-order chi connectivity index (χ0) is 18.9. The highest BCUT2D eigenvalue weighted by Gasteiger charge is 2.23. The number of nitrogens with one attached hydrogen (secondary N) is 1. The van der Waals surface area contributed by atoms with E-state index in [1.807, 2.05) is 19.1 Å². The molecule has 0 saturated heterocycles. The molecule has 5 nitrogen and oxygen atoms in total. The molecular formula is C20H24N2O3S. The average molecular weight is 372 g/mol. The zero-order valence-corrected chi connectivity index (χ0v) is 16.1. The second kappa shape index (κ2) is 7.11. The third-order valence-corrected chi connectivity index (χ3v) is 6.17. The van der Waals surface area contributed by atoms with Gasteiger partial charge >= 0.3 is 0 Å². The third kappa shape index (κ3) is 3.75. The van der Waals surface area contributed by atoms with E-state index in [1.165, 1.54) is 22.5 Å². The smallest absolute Gasteiger partial charge is 0.251 e. The number of rotatable bonds is 4. The molecule has 138 valence electrons. The fraction of sp³-hybridized carbons (Fsp3) is 0.350. The van der Waals surface area contributed by atoms with Crippen molar-refractivity contribution < 1.29 is 13.2 Å². The number of carbonyl (C=O) groups is 1. The summed E-state index contributed by atoms with van der Waals surface area (Å²) in [5.41, 5.74) is 4.24. The molecule has 1 N–H and O–H groups in total. The maximum Gasteiger partial charge on any atom is 0.251 e. The number of carbonyl (C=O) groups excluding carboxylic acids is 1. The van der Waals surface area contributed by atoms with Crippen LogP contribution < -0.4 is 9.62 Å². The molecule has 2 aromatic rings. The summed E-state index contributed by atoms with van der Waals surface area (Å²) in [5.74, 6) is -0.185. The summed E-state index contributed by atoms with van der Waals surface area (Å²) in [7, 11) is -1.89. The number of sulfonamides is 1. The lowest BCUT2D eigenvalue weighted by atomic mass is 9.87. The summed E-state index contributed by atoms with van der Waals surface area (Å²) in [6.07, 6.45) is 4.14. The Balaban J connectivity index is 1.86. The van der Waals surface area contributed by atoms with Gasteiger partial charge < -0.3 is 5.32 Å². The molecule has 0 aromatic heterocycles. The van der Waals surface area contributed by atoms with Crippen molar-refractivity contribution in [2.45, 2.75) is 32.2 Å².